The number of aromatic amines is 1. The van der Waals surface area contributed by atoms with Gasteiger partial charge in [0, 0.05) is 12.4 Å². The average Bonchev–Trinajstić information content (AvgIpc) is 3.29. The lowest BCUT2D eigenvalue weighted by atomic mass is 10.2. The predicted octanol–water partition coefficient (Wildman–Crippen LogP) is 2.54. The molecule has 0 bridgehead atoms. The minimum Gasteiger partial charge on any atom is -0.448 e. The Morgan fingerprint density at radius 3 is 2.52 bits per heavy atom. The first-order valence-electron chi connectivity index (χ1n) is 9.67. The molecule has 0 aliphatic carbocycles. The number of H-pyrrole nitrogens is 1. The fourth-order valence-corrected chi connectivity index (χ4v) is 3.33. The number of hydrogen-bond acceptors (Lipinski definition) is 5. The quantitative estimate of drug-likeness (QED) is 0.483. The molecule has 9 nitrogen and oxygen atoms in total. The SMILES string of the molecule is Cc1c(NC(=O)[C@@H](C)OC(=O)c2n[nH]c3ccccc23)c(=O)n(-c2ccccc2)n1C. The second-order valence-electron chi connectivity index (χ2n) is 7.09. The van der Waals surface area contributed by atoms with Crippen molar-refractivity contribution < 1.29 is 14.3 Å². The number of carbonyl (C=O) groups excluding carboxylic acids is 2. The molecule has 1 atom stereocenters. The average molecular weight is 419 g/mol. The molecule has 0 saturated heterocycles. The third-order valence-electron chi connectivity index (χ3n) is 5.12. The van der Waals surface area contributed by atoms with Crippen LogP contribution in [0.5, 0.6) is 0 Å². The molecule has 0 radical (unpaired) electrons. The summed E-state index contributed by atoms with van der Waals surface area (Å²) in [5, 5.41) is 9.93. The highest BCUT2D eigenvalue weighted by molar-refractivity contribution is 6.03. The Bertz CT molecular complexity index is 1330. The van der Waals surface area contributed by atoms with Crippen LogP contribution in [-0.2, 0) is 16.6 Å². The van der Waals surface area contributed by atoms with Gasteiger partial charge in [-0.3, -0.25) is 19.4 Å². The molecule has 158 valence electrons. The summed E-state index contributed by atoms with van der Waals surface area (Å²) in [6, 6.07) is 16.2. The summed E-state index contributed by atoms with van der Waals surface area (Å²) in [5.74, 6) is -1.34. The fourth-order valence-electron chi connectivity index (χ4n) is 3.33. The van der Waals surface area contributed by atoms with Gasteiger partial charge < -0.3 is 10.1 Å². The Morgan fingerprint density at radius 1 is 1.10 bits per heavy atom. The van der Waals surface area contributed by atoms with Gasteiger partial charge in [0.15, 0.2) is 11.8 Å². The fraction of sp³-hybridized carbons (Fsp3) is 0.182. The number of anilines is 1. The minimum absolute atomic E-state index is 0.0950. The lowest BCUT2D eigenvalue weighted by Gasteiger charge is -2.12. The molecular formula is C22H21N5O4. The molecule has 9 heteroatoms. The highest BCUT2D eigenvalue weighted by atomic mass is 16.5. The summed E-state index contributed by atoms with van der Waals surface area (Å²) < 4.78 is 8.40. The lowest BCUT2D eigenvalue weighted by molar-refractivity contribution is -0.123. The summed E-state index contributed by atoms with van der Waals surface area (Å²) >= 11 is 0. The van der Waals surface area contributed by atoms with Gasteiger partial charge in [-0.05, 0) is 32.0 Å². The van der Waals surface area contributed by atoms with E-state index in [-0.39, 0.29) is 16.9 Å². The van der Waals surface area contributed by atoms with E-state index in [9.17, 15) is 14.4 Å². The number of ether oxygens (including phenoxy) is 1. The molecule has 2 aromatic carbocycles. The molecule has 1 amide bonds. The van der Waals surface area contributed by atoms with Gasteiger partial charge in [0.1, 0.15) is 5.69 Å². The Hall–Kier alpha value is -4.14. The second-order valence-corrected chi connectivity index (χ2v) is 7.09. The molecule has 2 heterocycles. The Morgan fingerprint density at radius 2 is 1.77 bits per heavy atom. The first-order chi connectivity index (χ1) is 14.9. The zero-order valence-corrected chi connectivity index (χ0v) is 17.2. The smallest absolute Gasteiger partial charge is 0.360 e. The van der Waals surface area contributed by atoms with Crippen molar-refractivity contribution in [2.45, 2.75) is 20.0 Å². The summed E-state index contributed by atoms with van der Waals surface area (Å²) in [5.41, 5.74) is 1.77. The number of nitrogens with zero attached hydrogens (tertiary/aromatic N) is 3. The van der Waals surface area contributed by atoms with Gasteiger partial charge >= 0.3 is 5.97 Å². The number of hydrogen-bond donors (Lipinski definition) is 2. The number of benzene rings is 2. The maximum absolute atomic E-state index is 12.9. The molecule has 4 aromatic rings. The number of para-hydroxylation sites is 2. The number of nitrogens with one attached hydrogen (secondary N) is 2. The van der Waals surface area contributed by atoms with E-state index in [0.717, 1.165) is 0 Å². The summed E-state index contributed by atoms with van der Waals surface area (Å²) in [4.78, 5) is 38.1. The van der Waals surface area contributed by atoms with Crippen LogP contribution < -0.4 is 10.9 Å². The highest BCUT2D eigenvalue weighted by Crippen LogP contribution is 2.18. The maximum Gasteiger partial charge on any atom is 0.360 e. The predicted molar refractivity (Wildman–Crippen MR) is 115 cm³/mol. The van der Waals surface area contributed by atoms with Gasteiger partial charge in [0.25, 0.3) is 11.5 Å². The van der Waals surface area contributed by atoms with Crippen LogP contribution in [0.15, 0.2) is 59.4 Å². The third-order valence-corrected chi connectivity index (χ3v) is 5.12. The van der Waals surface area contributed by atoms with Crippen molar-refractivity contribution in [3.63, 3.8) is 0 Å². The number of carbonyl (C=O) groups is 2. The van der Waals surface area contributed by atoms with E-state index in [1.807, 2.05) is 24.3 Å². The van der Waals surface area contributed by atoms with Crippen molar-refractivity contribution in [3.8, 4) is 5.69 Å². The maximum atomic E-state index is 12.9. The number of aromatic nitrogens is 4. The standard InChI is InChI=1S/C22H21N5O4/c1-13-18(21(29)27(26(13)3)15-9-5-4-6-10-15)23-20(28)14(2)31-22(30)19-16-11-7-8-12-17(16)24-25-19/h4-12,14H,1-3H3,(H,23,28)(H,24,25)/t14-/m1/s1. The molecule has 2 N–H and O–H groups in total. The number of esters is 1. The van der Waals surface area contributed by atoms with E-state index >= 15 is 0 Å². The Kier molecular flexibility index (Phi) is 5.16. The van der Waals surface area contributed by atoms with Crippen LogP contribution in [0.3, 0.4) is 0 Å². The van der Waals surface area contributed by atoms with Crippen molar-refractivity contribution in [1.29, 1.82) is 0 Å². The first kappa shape index (κ1) is 20.1. The molecule has 2 aromatic heterocycles. The third kappa shape index (κ3) is 3.61. The van der Waals surface area contributed by atoms with Gasteiger partial charge in [-0.1, -0.05) is 36.4 Å². The van der Waals surface area contributed by atoms with E-state index in [0.29, 0.717) is 22.3 Å². The molecule has 0 saturated carbocycles. The topological polar surface area (TPSA) is 111 Å². The van der Waals surface area contributed by atoms with Gasteiger partial charge in [-0.15, -0.1) is 0 Å². The Labute approximate surface area is 177 Å². The van der Waals surface area contributed by atoms with Crippen molar-refractivity contribution in [2.75, 3.05) is 5.32 Å². The van der Waals surface area contributed by atoms with Gasteiger partial charge in [0.05, 0.1) is 16.9 Å². The molecular weight excluding hydrogens is 398 g/mol. The van der Waals surface area contributed by atoms with Gasteiger partial charge in [-0.2, -0.15) is 5.10 Å². The van der Waals surface area contributed by atoms with Crippen molar-refractivity contribution in [1.82, 2.24) is 19.6 Å². The van der Waals surface area contributed by atoms with Crippen LogP contribution in [0.1, 0.15) is 23.1 Å². The second kappa shape index (κ2) is 7.94. The summed E-state index contributed by atoms with van der Waals surface area (Å²) in [6.07, 6.45) is -1.13. The normalized spacial score (nSPS) is 12.0. The largest absolute Gasteiger partial charge is 0.448 e. The summed E-state index contributed by atoms with van der Waals surface area (Å²) in [7, 11) is 1.73. The van der Waals surface area contributed by atoms with E-state index < -0.39 is 18.0 Å². The molecule has 31 heavy (non-hydrogen) atoms. The van der Waals surface area contributed by atoms with Gasteiger partial charge in [0.2, 0.25) is 0 Å². The highest BCUT2D eigenvalue weighted by Gasteiger charge is 2.25. The van der Waals surface area contributed by atoms with Crippen LogP contribution in [-0.4, -0.2) is 37.5 Å². The van der Waals surface area contributed by atoms with Gasteiger partial charge in [-0.25, -0.2) is 9.48 Å². The first-order valence-corrected chi connectivity index (χ1v) is 9.67. The van der Waals surface area contributed by atoms with E-state index in [1.165, 1.54) is 11.6 Å². The monoisotopic (exact) mass is 419 g/mol. The molecule has 0 aliphatic rings. The zero-order valence-electron chi connectivity index (χ0n) is 17.2. The molecule has 0 aliphatic heterocycles. The van der Waals surface area contributed by atoms with Crippen LogP contribution >= 0.6 is 0 Å². The zero-order chi connectivity index (χ0) is 22.1. The van der Waals surface area contributed by atoms with Crippen LogP contribution in [0.25, 0.3) is 16.6 Å². The molecule has 0 spiro atoms. The molecule has 0 unspecified atom stereocenters. The minimum atomic E-state index is -1.13. The molecule has 4 rings (SSSR count). The van der Waals surface area contributed by atoms with Crippen LogP contribution in [0.4, 0.5) is 5.69 Å². The van der Waals surface area contributed by atoms with E-state index in [1.54, 1.807) is 49.0 Å². The van der Waals surface area contributed by atoms with E-state index in [2.05, 4.69) is 15.5 Å². The van der Waals surface area contributed by atoms with Crippen molar-refractivity contribution >= 4 is 28.5 Å². The van der Waals surface area contributed by atoms with Crippen LogP contribution in [0.2, 0.25) is 0 Å². The molecule has 0 fully saturated rings. The number of amides is 1. The number of rotatable bonds is 5. The summed E-state index contributed by atoms with van der Waals surface area (Å²) in [6.45, 7) is 3.17. The Balaban J connectivity index is 1.53. The number of fused-ring (bicyclic) bond motifs is 1. The lowest BCUT2D eigenvalue weighted by Crippen LogP contribution is -2.32. The van der Waals surface area contributed by atoms with Crippen molar-refractivity contribution in [3.05, 3.63) is 76.3 Å². The van der Waals surface area contributed by atoms with Crippen LogP contribution in [0, 0.1) is 6.92 Å². The van der Waals surface area contributed by atoms with E-state index in [4.69, 9.17) is 4.74 Å². The van der Waals surface area contributed by atoms with Crippen molar-refractivity contribution in [2.24, 2.45) is 7.05 Å².